The van der Waals surface area contributed by atoms with Crippen molar-refractivity contribution in [1.29, 1.82) is 0 Å². The Balaban J connectivity index is 2.12. The van der Waals surface area contributed by atoms with Crippen molar-refractivity contribution in [3.63, 3.8) is 0 Å². The van der Waals surface area contributed by atoms with Crippen LogP contribution in [0.5, 0.6) is 11.5 Å². The second kappa shape index (κ2) is 6.92. The number of rotatable bonds is 4. The zero-order valence-corrected chi connectivity index (χ0v) is 14.8. The Hall–Kier alpha value is -3.28. The van der Waals surface area contributed by atoms with Crippen LogP contribution < -0.4 is 15.0 Å². The van der Waals surface area contributed by atoms with Gasteiger partial charge < -0.3 is 15.2 Å². The number of anilines is 1. The highest BCUT2D eigenvalue weighted by molar-refractivity contribution is 6.04. The molecule has 2 aromatic rings. The smallest absolute Gasteiger partial charge is 0.326 e. The number of ether oxygens (including phenoxy) is 1. The minimum atomic E-state index is -0.616. The van der Waals surface area contributed by atoms with E-state index < -0.39 is 6.04 Å². The summed E-state index contributed by atoms with van der Waals surface area (Å²) in [5.74, 6) is 0.137. The SMILES string of the molecule is COc1cc([C@@H]2NC(=O)N(c3ccccc3)C(C)=C2C(C)=O)ccc1O. The van der Waals surface area contributed by atoms with Crippen molar-refractivity contribution < 1.29 is 19.4 Å². The van der Waals surface area contributed by atoms with Gasteiger partial charge >= 0.3 is 6.03 Å². The van der Waals surface area contributed by atoms with Gasteiger partial charge in [0.15, 0.2) is 17.3 Å². The molecule has 0 spiro atoms. The molecule has 0 bridgehead atoms. The van der Waals surface area contributed by atoms with Gasteiger partial charge in [0.2, 0.25) is 0 Å². The highest BCUT2D eigenvalue weighted by Gasteiger charge is 2.35. The summed E-state index contributed by atoms with van der Waals surface area (Å²) in [7, 11) is 1.45. The fraction of sp³-hybridized carbons (Fsp3) is 0.200. The van der Waals surface area contributed by atoms with Crippen molar-refractivity contribution in [2.45, 2.75) is 19.9 Å². The second-order valence-corrected chi connectivity index (χ2v) is 6.04. The predicted octanol–water partition coefficient (Wildman–Crippen LogP) is 3.53. The van der Waals surface area contributed by atoms with Gasteiger partial charge in [0, 0.05) is 11.3 Å². The van der Waals surface area contributed by atoms with E-state index in [1.54, 1.807) is 19.1 Å². The number of hydrogen-bond donors (Lipinski definition) is 2. The molecule has 6 nitrogen and oxygen atoms in total. The molecule has 1 aliphatic rings. The summed E-state index contributed by atoms with van der Waals surface area (Å²) in [6.45, 7) is 3.23. The summed E-state index contributed by atoms with van der Waals surface area (Å²) in [5.41, 5.74) is 2.40. The maximum Gasteiger partial charge on any atom is 0.326 e. The molecule has 0 aliphatic carbocycles. The lowest BCUT2D eigenvalue weighted by molar-refractivity contribution is -0.114. The number of amides is 2. The van der Waals surface area contributed by atoms with Crippen molar-refractivity contribution in [3.05, 3.63) is 65.4 Å². The first-order valence-corrected chi connectivity index (χ1v) is 8.18. The van der Waals surface area contributed by atoms with E-state index in [1.165, 1.54) is 25.0 Å². The molecular formula is C20H20N2O4. The molecule has 0 aromatic heterocycles. The van der Waals surface area contributed by atoms with Crippen LogP contribution in [-0.2, 0) is 4.79 Å². The van der Waals surface area contributed by atoms with Gasteiger partial charge in [-0.3, -0.25) is 9.69 Å². The van der Waals surface area contributed by atoms with E-state index in [9.17, 15) is 14.7 Å². The number of nitrogens with zero attached hydrogens (tertiary/aromatic N) is 1. The van der Waals surface area contributed by atoms with E-state index in [-0.39, 0.29) is 23.3 Å². The molecule has 0 saturated heterocycles. The van der Waals surface area contributed by atoms with Crippen molar-refractivity contribution in [2.75, 3.05) is 12.0 Å². The van der Waals surface area contributed by atoms with E-state index in [0.717, 1.165) is 0 Å². The van der Waals surface area contributed by atoms with Crippen molar-refractivity contribution in [2.24, 2.45) is 0 Å². The van der Waals surface area contributed by atoms with Gasteiger partial charge in [-0.15, -0.1) is 0 Å². The fourth-order valence-corrected chi connectivity index (χ4v) is 3.21. The number of nitrogens with one attached hydrogen (secondary N) is 1. The Morgan fingerprint density at radius 2 is 1.88 bits per heavy atom. The van der Waals surface area contributed by atoms with E-state index >= 15 is 0 Å². The van der Waals surface area contributed by atoms with Crippen LogP contribution in [0.15, 0.2) is 59.8 Å². The van der Waals surface area contributed by atoms with Crippen molar-refractivity contribution in [3.8, 4) is 11.5 Å². The molecule has 134 valence electrons. The largest absolute Gasteiger partial charge is 0.504 e. The number of methoxy groups -OCH3 is 1. The molecule has 6 heteroatoms. The summed E-state index contributed by atoms with van der Waals surface area (Å²) >= 11 is 0. The Labute approximate surface area is 151 Å². The average Bonchev–Trinajstić information content (AvgIpc) is 2.62. The Morgan fingerprint density at radius 3 is 2.50 bits per heavy atom. The van der Waals surface area contributed by atoms with Gasteiger partial charge in [-0.05, 0) is 43.7 Å². The molecule has 2 N–H and O–H groups in total. The number of allylic oxidation sites excluding steroid dienone is 1. The zero-order chi connectivity index (χ0) is 18.8. The van der Waals surface area contributed by atoms with Crippen LogP contribution in [0.25, 0.3) is 0 Å². The first kappa shape index (κ1) is 17.5. The lowest BCUT2D eigenvalue weighted by Crippen LogP contribution is -2.47. The maximum absolute atomic E-state index is 12.8. The van der Waals surface area contributed by atoms with Crippen LogP contribution in [-0.4, -0.2) is 24.0 Å². The van der Waals surface area contributed by atoms with Gasteiger partial charge in [-0.1, -0.05) is 24.3 Å². The highest BCUT2D eigenvalue weighted by Crippen LogP contribution is 2.36. The number of urea groups is 1. The van der Waals surface area contributed by atoms with Gasteiger partial charge in [0.05, 0.1) is 18.8 Å². The van der Waals surface area contributed by atoms with E-state index in [4.69, 9.17) is 4.74 Å². The normalized spacial score (nSPS) is 17.1. The molecule has 26 heavy (non-hydrogen) atoms. The highest BCUT2D eigenvalue weighted by atomic mass is 16.5. The third-order valence-corrected chi connectivity index (χ3v) is 4.42. The van der Waals surface area contributed by atoms with E-state index in [2.05, 4.69) is 5.32 Å². The third kappa shape index (κ3) is 3.01. The number of carbonyl (C=O) groups is 2. The van der Waals surface area contributed by atoms with Crippen LogP contribution in [0, 0.1) is 0 Å². The lowest BCUT2D eigenvalue weighted by Gasteiger charge is -2.35. The van der Waals surface area contributed by atoms with Gasteiger partial charge in [-0.25, -0.2) is 4.79 Å². The topological polar surface area (TPSA) is 78.9 Å². The maximum atomic E-state index is 12.8. The third-order valence-electron chi connectivity index (χ3n) is 4.42. The van der Waals surface area contributed by atoms with Crippen LogP contribution in [0.3, 0.4) is 0 Å². The zero-order valence-electron chi connectivity index (χ0n) is 14.8. The molecule has 1 atom stereocenters. The number of phenolic OH excluding ortho intramolecular Hbond substituents is 1. The van der Waals surface area contributed by atoms with Gasteiger partial charge in [-0.2, -0.15) is 0 Å². The molecule has 0 saturated carbocycles. The first-order valence-electron chi connectivity index (χ1n) is 8.18. The van der Waals surface area contributed by atoms with Crippen LogP contribution in [0.4, 0.5) is 10.5 Å². The number of Topliss-reactive ketones (excluding diaryl/α,β-unsaturated/α-hetero) is 1. The Bertz CT molecular complexity index is 890. The summed E-state index contributed by atoms with van der Waals surface area (Å²) in [6.07, 6.45) is 0. The standard InChI is InChI=1S/C20H20N2O4/c1-12-18(13(2)23)19(14-9-10-16(24)17(11-14)26-3)21-20(25)22(12)15-7-5-4-6-8-15/h4-11,19,24H,1-3H3,(H,21,25)/t19-/m0/s1. The Kier molecular flexibility index (Phi) is 4.67. The molecule has 2 amide bonds. The minimum absolute atomic E-state index is 0.00521. The summed E-state index contributed by atoms with van der Waals surface area (Å²) in [6, 6.07) is 13.0. The summed E-state index contributed by atoms with van der Waals surface area (Å²) < 4.78 is 5.14. The number of aromatic hydroxyl groups is 1. The minimum Gasteiger partial charge on any atom is -0.504 e. The molecule has 0 unspecified atom stereocenters. The monoisotopic (exact) mass is 352 g/mol. The molecule has 2 aromatic carbocycles. The summed E-state index contributed by atoms with van der Waals surface area (Å²) in [5, 5.41) is 12.7. The average molecular weight is 352 g/mol. The summed E-state index contributed by atoms with van der Waals surface area (Å²) in [4.78, 5) is 26.6. The number of carbonyl (C=O) groups excluding carboxylic acids is 2. The lowest BCUT2D eigenvalue weighted by atomic mass is 9.92. The van der Waals surface area contributed by atoms with Gasteiger partial charge in [0.1, 0.15) is 0 Å². The molecule has 3 rings (SSSR count). The second-order valence-electron chi connectivity index (χ2n) is 6.04. The number of ketones is 1. The number of benzene rings is 2. The number of hydrogen-bond acceptors (Lipinski definition) is 4. The predicted molar refractivity (Wildman–Crippen MR) is 98.2 cm³/mol. The fourth-order valence-electron chi connectivity index (χ4n) is 3.21. The molecule has 1 heterocycles. The molecule has 1 aliphatic heterocycles. The van der Waals surface area contributed by atoms with Crippen LogP contribution in [0.1, 0.15) is 25.5 Å². The van der Waals surface area contributed by atoms with Crippen LogP contribution in [0.2, 0.25) is 0 Å². The number of phenols is 1. The van der Waals surface area contributed by atoms with Crippen molar-refractivity contribution >= 4 is 17.5 Å². The first-order chi connectivity index (χ1) is 12.4. The molecule has 0 fully saturated rings. The van der Waals surface area contributed by atoms with E-state index in [1.807, 2.05) is 30.3 Å². The number of para-hydroxylation sites is 1. The molecular weight excluding hydrogens is 332 g/mol. The Morgan fingerprint density at radius 1 is 1.19 bits per heavy atom. The van der Waals surface area contributed by atoms with E-state index in [0.29, 0.717) is 22.5 Å². The molecule has 0 radical (unpaired) electrons. The van der Waals surface area contributed by atoms with Crippen LogP contribution >= 0.6 is 0 Å². The van der Waals surface area contributed by atoms with Crippen molar-refractivity contribution in [1.82, 2.24) is 5.32 Å². The van der Waals surface area contributed by atoms with Gasteiger partial charge in [0.25, 0.3) is 0 Å². The quantitative estimate of drug-likeness (QED) is 0.882.